The Morgan fingerprint density at radius 1 is 1.23 bits per heavy atom. The Labute approximate surface area is 129 Å². The number of carbonyl (C=O) groups is 3. The number of carbonyl (C=O) groups excluding carboxylic acids is 3. The highest BCUT2D eigenvalue weighted by Crippen LogP contribution is 2.32. The molecule has 1 heterocycles. The molecule has 1 aromatic rings. The van der Waals surface area contributed by atoms with E-state index in [0.717, 1.165) is 16.9 Å². The molecule has 22 heavy (non-hydrogen) atoms. The second-order valence-corrected chi connectivity index (χ2v) is 5.30. The maximum atomic E-state index is 12.7. The zero-order valence-corrected chi connectivity index (χ0v) is 12.9. The molecule has 1 aromatic carbocycles. The third-order valence-electron chi connectivity index (χ3n) is 3.85. The first-order valence-corrected chi connectivity index (χ1v) is 7.51. The van der Waals surface area contributed by atoms with E-state index in [1.165, 1.54) is 0 Å². The molecule has 0 bridgehead atoms. The summed E-state index contributed by atoms with van der Waals surface area (Å²) in [5, 5.41) is 5.42. The highest BCUT2D eigenvalue weighted by atomic mass is 16.2. The van der Waals surface area contributed by atoms with Crippen molar-refractivity contribution in [2.24, 2.45) is 0 Å². The summed E-state index contributed by atoms with van der Waals surface area (Å²) in [7, 11) is 0. The van der Waals surface area contributed by atoms with E-state index >= 15 is 0 Å². The summed E-state index contributed by atoms with van der Waals surface area (Å²) in [6.07, 6.45) is 1.23. The van der Waals surface area contributed by atoms with Gasteiger partial charge in [0, 0.05) is 6.54 Å². The molecule has 0 radical (unpaired) electrons. The van der Waals surface area contributed by atoms with Gasteiger partial charge in [0.05, 0.1) is 0 Å². The number of benzene rings is 1. The summed E-state index contributed by atoms with van der Waals surface area (Å²) >= 11 is 0. The van der Waals surface area contributed by atoms with Crippen molar-refractivity contribution in [2.45, 2.75) is 32.2 Å². The first kappa shape index (κ1) is 16.0. The van der Waals surface area contributed by atoms with Crippen molar-refractivity contribution in [3.8, 4) is 0 Å². The van der Waals surface area contributed by atoms with Crippen molar-refractivity contribution in [2.75, 3.05) is 13.1 Å². The van der Waals surface area contributed by atoms with Gasteiger partial charge in [-0.05, 0) is 18.4 Å². The molecule has 2 N–H and O–H groups in total. The molecule has 1 aliphatic heterocycles. The molecule has 1 fully saturated rings. The second-order valence-electron chi connectivity index (χ2n) is 5.30. The van der Waals surface area contributed by atoms with Crippen LogP contribution in [0.1, 0.15) is 32.3 Å². The van der Waals surface area contributed by atoms with E-state index in [9.17, 15) is 14.4 Å². The monoisotopic (exact) mass is 303 g/mol. The summed E-state index contributed by atoms with van der Waals surface area (Å²) in [5.74, 6) is -0.705. The molecule has 0 spiro atoms. The average molecular weight is 303 g/mol. The second kappa shape index (κ2) is 6.60. The minimum atomic E-state index is -1.08. The Hall–Kier alpha value is -2.37. The van der Waals surface area contributed by atoms with E-state index in [4.69, 9.17) is 0 Å². The fourth-order valence-electron chi connectivity index (χ4n) is 2.60. The van der Waals surface area contributed by atoms with Crippen molar-refractivity contribution in [3.63, 3.8) is 0 Å². The quantitative estimate of drug-likeness (QED) is 0.779. The van der Waals surface area contributed by atoms with Gasteiger partial charge >= 0.3 is 6.03 Å². The lowest BCUT2D eigenvalue weighted by molar-refractivity contribution is -0.135. The van der Waals surface area contributed by atoms with Crippen LogP contribution in [0.2, 0.25) is 0 Å². The SMILES string of the molecule is CCCNC(=O)CN1C(=O)N[C@@](CC)(c2ccccc2)C1=O. The lowest BCUT2D eigenvalue weighted by Gasteiger charge is -2.25. The Morgan fingerprint density at radius 3 is 2.50 bits per heavy atom. The lowest BCUT2D eigenvalue weighted by Crippen LogP contribution is -2.44. The topological polar surface area (TPSA) is 78.5 Å². The van der Waals surface area contributed by atoms with Gasteiger partial charge in [-0.1, -0.05) is 44.2 Å². The van der Waals surface area contributed by atoms with Crippen molar-refractivity contribution < 1.29 is 14.4 Å². The molecule has 6 heteroatoms. The summed E-state index contributed by atoms with van der Waals surface area (Å²) < 4.78 is 0. The number of rotatable bonds is 6. The van der Waals surface area contributed by atoms with Crippen molar-refractivity contribution in [1.82, 2.24) is 15.5 Å². The third kappa shape index (κ3) is 2.81. The molecular weight excluding hydrogens is 282 g/mol. The van der Waals surface area contributed by atoms with Crippen LogP contribution in [0.5, 0.6) is 0 Å². The molecular formula is C16H21N3O3. The molecule has 1 aliphatic rings. The van der Waals surface area contributed by atoms with Crippen molar-refractivity contribution in [1.29, 1.82) is 0 Å². The molecule has 2 rings (SSSR count). The number of nitrogens with zero attached hydrogens (tertiary/aromatic N) is 1. The molecule has 4 amide bonds. The van der Waals surface area contributed by atoms with Crippen LogP contribution in [-0.2, 0) is 15.1 Å². The van der Waals surface area contributed by atoms with Crippen LogP contribution in [0.25, 0.3) is 0 Å². The molecule has 0 aromatic heterocycles. The number of urea groups is 1. The van der Waals surface area contributed by atoms with Crippen LogP contribution >= 0.6 is 0 Å². The lowest BCUT2D eigenvalue weighted by atomic mass is 9.87. The largest absolute Gasteiger partial charge is 0.355 e. The van der Waals surface area contributed by atoms with Gasteiger partial charge < -0.3 is 10.6 Å². The Morgan fingerprint density at radius 2 is 1.91 bits per heavy atom. The van der Waals surface area contributed by atoms with Gasteiger partial charge in [0.2, 0.25) is 5.91 Å². The van der Waals surface area contributed by atoms with Crippen LogP contribution in [0.15, 0.2) is 30.3 Å². The van der Waals surface area contributed by atoms with Crippen LogP contribution in [0, 0.1) is 0 Å². The summed E-state index contributed by atoms with van der Waals surface area (Å²) in [4.78, 5) is 37.7. The fourth-order valence-corrected chi connectivity index (χ4v) is 2.60. The summed E-state index contributed by atoms with van der Waals surface area (Å²) in [6.45, 7) is 4.05. The van der Waals surface area contributed by atoms with E-state index in [-0.39, 0.29) is 18.4 Å². The predicted molar refractivity (Wildman–Crippen MR) is 82.0 cm³/mol. The third-order valence-corrected chi connectivity index (χ3v) is 3.85. The number of hydrogen-bond donors (Lipinski definition) is 2. The van der Waals surface area contributed by atoms with Crippen LogP contribution in [-0.4, -0.2) is 35.8 Å². The Bertz CT molecular complexity index is 573. The van der Waals surface area contributed by atoms with Crippen molar-refractivity contribution >= 4 is 17.8 Å². The molecule has 0 unspecified atom stereocenters. The number of hydrogen-bond acceptors (Lipinski definition) is 3. The standard InChI is InChI=1S/C16H21N3O3/c1-3-10-17-13(20)11-19-14(21)16(4-2,18-15(19)22)12-8-6-5-7-9-12/h5-9H,3-4,10-11H2,1-2H3,(H,17,20)(H,18,22)/t16-/m0/s1. The first-order valence-electron chi connectivity index (χ1n) is 7.51. The highest BCUT2D eigenvalue weighted by molar-refractivity contribution is 6.09. The van der Waals surface area contributed by atoms with E-state index in [1.807, 2.05) is 44.2 Å². The van der Waals surface area contributed by atoms with Crippen LogP contribution in [0.4, 0.5) is 4.79 Å². The molecule has 1 saturated heterocycles. The fraction of sp³-hybridized carbons (Fsp3) is 0.438. The molecule has 6 nitrogen and oxygen atoms in total. The minimum Gasteiger partial charge on any atom is -0.355 e. The number of amides is 4. The summed E-state index contributed by atoms with van der Waals surface area (Å²) in [5.41, 5.74) is -0.351. The first-order chi connectivity index (χ1) is 10.5. The maximum Gasteiger partial charge on any atom is 0.325 e. The van der Waals surface area contributed by atoms with E-state index in [0.29, 0.717) is 13.0 Å². The average Bonchev–Trinajstić information content (AvgIpc) is 2.79. The zero-order valence-electron chi connectivity index (χ0n) is 12.9. The van der Waals surface area contributed by atoms with Gasteiger partial charge in [0.25, 0.3) is 5.91 Å². The highest BCUT2D eigenvalue weighted by Gasteiger charge is 2.51. The number of nitrogens with one attached hydrogen (secondary N) is 2. The smallest absolute Gasteiger partial charge is 0.325 e. The van der Waals surface area contributed by atoms with Gasteiger partial charge in [-0.15, -0.1) is 0 Å². The van der Waals surface area contributed by atoms with E-state index in [1.54, 1.807) is 0 Å². The van der Waals surface area contributed by atoms with Gasteiger partial charge in [-0.25, -0.2) is 4.79 Å². The molecule has 0 saturated carbocycles. The van der Waals surface area contributed by atoms with E-state index in [2.05, 4.69) is 10.6 Å². The normalized spacial score (nSPS) is 20.9. The van der Waals surface area contributed by atoms with Crippen molar-refractivity contribution in [3.05, 3.63) is 35.9 Å². The Kier molecular flexibility index (Phi) is 4.80. The molecule has 0 aliphatic carbocycles. The molecule has 118 valence electrons. The van der Waals surface area contributed by atoms with E-state index < -0.39 is 11.6 Å². The minimum absolute atomic E-state index is 0.251. The summed E-state index contributed by atoms with van der Waals surface area (Å²) in [6, 6.07) is 8.59. The molecule has 1 atom stereocenters. The van der Waals surface area contributed by atoms with Gasteiger partial charge in [0.1, 0.15) is 12.1 Å². The number of imide groups is 1. The van der Waals surface area contributed by atoms with Crippen LogP contribution < -0.4 is 10.6 Å². The van der Waals surface area contributed by atoms with Crippen LogP contribution in [0.3, 0.4) is 0 Å². The van der Waals surface area contributed by atoms with Gasteiger partial charge in [0.15, 0.2) is 0 Å². The maximum absolute atomic E-state index is 12.7. The predicted octanol–water partition coefficient (Wildman–Crippen LogP) is 1.37. The zero-order chi connectivity index (χ0) is 16.2. The Balaban J connectivity index is 2.22. The van der Waals surface area contributed by atoms with Gasteiger partial charge in [-0.3, -0.25) is 14.5 Å². The van der Waals surface area contributed by atoms with Gasteiger partial charge in [-0.2, -0.15) is 0 Å².